The van der Waals surface area contributed by atoms with Gasteiger partial charge >= 0.3 is 0 Å². The lowest BCUT2D eigenvalue weighted by atomic mass is 10.0. The second-order valence-electron chi connectivity index (χ2n) is 5.45. The van der Waals surface area contributed by atoms with Gasteiger partial charge in [0.2, 0.25) is 5.91 Å². The summed E-state index contributed by atoms with van der Waals surface area (Å²) in [6.07, 6.45) is 8.87. The zero-order valence-corrected chi connectivity index (χ0v) is 11.9. The summed E-state index contributed by atoms with van der Waals surface area (Å²) in [5.41, 5.74) is 0. The average Bonchev–Trinajstić information content (AvgIpc) is 2.54. The van der Waals surface area contributed by atoms with Crippen molar-refractivity contribution in [2.75, 3.05) is 6.54 Å². The minimum absolute atomic E-state index is 0.166. The fraction of sp³-hybridized carbons (Fsp3) is 0.867. The molecule has 1 rings (SSSR count). The van der Waals surface area contributed by atoms with Crippen LogP contribution in [0.5, 0.6) is 0 Å². The zero-order chi connectivity index (χ0) is 13.4. The van der Waals surface area contributed by atoms with Crippen LogP contribution in [-0.2, 0) is 9.59 Å². The lowest BCUT2D eigenvalue weighted by Gasteiger charge is -2.29. The monoisotopic (exact) mass is 253 g/mol. The van der Waals surface area contributed by atoms with Gasteiger partial charge in [-0.15, -0.1) is 0 Å². The predicted octanol–water partition coefficient (Wildman–Crippen LogP) is 3.32. The van der Waals surface area contributed by atoms with Crippen LogP contribution in [0.4, 0.5) is 0 Å². The molecule has 0 aliphatic carbocycles. The molecule has 0 spiro atoms. The van der Waals surface area contributed by atoms with Crippen LogP contribution in [0.3, 0.4) is 0 Å². The van der Waals surface area contributed by atoms with Gasteiger partial charge in [-0.3, -0.25) is 9.59 Å². The summed E-state index contributed by atoms with van der Waals surface area (Å²) >= 11 is 0. The maximum Gasteiger partial charge on any atom is 0.222 e. The molecule has 1 saturated heterocycles. The number of nitrogens with zero attached hydrogens (tertiary/aromatic N) is 1. The summed E-state index contributed by atoms with van der Waals surface area (Å²) in [6, 6.07) is 0.166. The van der Waals surface area contributed by atoms with E-state index in [1.165, 1.54) is 6.42 Å². The minimum atomic E-state index is 0.166. The summed E-state index contributed by atoms with van der Waals surface area (Å²) in [7, 11) is 0. The van der Waals surface area contributed by atoms with Gasteiger partial charge in [0.1, 0.15) is 5.78 Å². The molecule has 1 atom stereocenters. The van der Waals surface area contributed by atoms with Crippen molar-refractivity contribution in [3.8, 4) is 0 Å². The Labute approximate surface area is 111 Å². The largest absolute Gasteiger partial charge is 0.339 e. The Balaban J connectivity index is 2.54. The molecule has 0 N–H and O–H groups in total. The highest BCUT2D eigenvalue weighted by Gasteiger charge is 2.25. The normalized spacial score (nSPS) is 20.6. The molecule has 1 aliphatic rings. The van der Waals surface area contributed by atoms with E-state index in [4.69, 9.17) is 0 Å². The van der Waals surface area contributed by atoms with E-state index in [0.717, 1.165) is 45.1 Å². The second kappa shape index (κ2) is 8.28. The zero-order valence-electron chi connectivity index (χ0n) is 11.9. The van der Waals surface area contributed by atoms with Crippen LogP contribution in [0.25, 0.3) is 0 Å². The van der Waals surface area contributed by atoms with E-state index in [2.05, 4.69) is 6.92 Å². The molecule has 1 heterocycles. The third kappa shape index (κ3) is 5.19. The van der Waals surface area contributed by atoms with Crippen molar-refractivity contribution in [3.05, 3.63) is 0 Å². The lowest BCUT2D eigenvalue weighted by molar-refractivity contribution is -0.134. The Morgan fingerprint density at radius 2 is 1.94 bits per heavy atom. The van der Waals surface area contributed by atoms with Crippen molar-refractivity contribution in [1.29, 1.82) is 0 Å². The first kappa shape index (κ1) is 15.2. The summed E-state index contributed by atoms with van der Waals surface area (Å²) in [5.74, 6) is 0.463. The first-order valence-corrected chi connectivity index (χ1v) is 7.44. The number of rotatable bonds is 6. The van der Waals surface area contributed by atoms with Gasteiger partial charge in [0.05, 0.1) is 0 Å². The number of unbranched alkanes of at least 4 members (excludes halogenated alkanes) is 2. The topological polar surface area (TPSA) is 37.4 Å². The van der Waals surface area contributed by atoms with Crippen molar-refractivity contribution >= 4 is 11.7 Å². The third-order valence-corrected chi connectivity index (χ3v) is 3.71. The number of hydrogen-bond donors (Lipinski definition) is 0. The van der Waals surface area contributed by atoms with Gasteiger partial charge in [-0.05, 0) is 26.2 Å². The Morgan fingerprint density at radius 3 is 2.61 bits per heavy atom. The fourth-order valence-electron chi connectivity index (χ4n) is 2.72. The highest BCUT2D eigenvalue weighted by Crippen LogP contribution is 2.21. The predicted molar refractivity (Wildman–Crippen MR) is 73.4 cm³/mol. The SMILES string of the molecule is CCCCCC(=O)N1CCCCCC1CC(C)=O. The van der Waals surface area contributed by atoms with Crippen LogP contribution in [-0.4, -0.2) is 29.2 Å². The molecule has 3 heteroatoms. The van der Waals surface area contributed by atoms with Gasteiger partial charge in [-0.2, -0.15) is 0 Å². The van der Waals surface area contributed by atoms with Crippen LogP contribution < -0.4 is 0 Å². The molecule has 1 fully saturated rings. The van der Waals surface area contributed by atoms with Crippen LogP contribution in [0.2, 0.25) is 0 Å². The number of carbonyl (C=O) groups excluding carboxylic acids is 2. The number of carbonyl (C=O) groups is 2. The van der Waals surface area contributed by atoms with E-state index in [-0.39, 0.29) is 17.7 Å². The van der Waals surface area contributed by atoms with Gasteiger partial charge in [0.25, 0.3) is 0 Å². The molecule has 0 saturated carbocycles. The second-order valence-corrected chi connectivity index (χ2v) is 5.45. The summed E-state index contributed by atoms with van der Waals surface area (Å²) < 4.78 is 0. The third-order valence-electron chi connectivity index (χ3n) is 3.71. The Morgan fingerprint density at radius 1 is 1.17 bits per heavy atom. The molecule has 1 aliphatic heterocycles. The minimum Gasteiger partial charge on any atom is -0.339 e. The molecule has 0 radical (unpaired) electrons. The molecule has 18 heavy (non-hydrogen) atoms. The molecular weight excluding hydrogens is 226 g/mol. The van der Waals surface area contributed by atoms with Gasteiger partial charge in [0.15, 0.2) is 0 Å². The number of likely N-dealkylation sites (tertiary alicyclic amines) is 1. The number of Topliss-reactive ketones (excluding diaryl/α,β-unsaturated/α-hetero) is 1. The van der Waals surface area contributed by atoms with Crippen LogP contribution in [0, 0.1) is 0 Å². The maximum absolute atomic E-state index is 12.2. The van der Waals surface area contributed by atoms with E-state index in [0.29, 0.717) is 12.8 Å². The molecule has 1 unspecified atom stereocenters. The molecule has 0 aromatic rings. The van der Waals surface area contributed by atoms with Gasteiger partial charge in [-0.1, -0.05) is 32.6 Å². The van der Waals surface area contributed by atoms with Crippen molar-refractivity contribution in [2.24, 2.45) is 0 Å². The van der Waals surface area contributed by atoms with E-state index in [9.17, 15) is 9.59 Å². The average molecular weight is 253 g/mol. The van der Waals surface area contributed by atoms with Gasteiger partial charge in [-0.25, -0.2) is 0 Å². The number of ketones is 1. The Kier molecular flexibility index (Phi) is 6.99. The summed E-state index contributed by atoms with van der Waals surface area (Å²) in [6.45, 7) is 4.63. The maximum atomic E-state index is 12.2. The molecule has 3 nitrogen and oxygen atoms in total. The van der Waals surface area contributed by atoms with E-state index < -0.39 is 0 Å². The van der Waals surface area contributed by atoms with Crippen molar-refractivity contribution in [3.63, 3.8) is 0 Å². The smallest absolute Gasteiger partial charge is 0.222 e. The van der Waals surface area contributed by atoms with E-state index in [1.54, 1.807) is 6.92 Å². The Hall–Kier alpha value is -0.860. The molecule has 104 valence electrons. The quantitative estimate of drug-likeness (QED) is 0.681. The molecule has 1 amide bonds. The van der Waals surface area contributed by atoms with Crippen molar-refractivity contribution < 1.29 is 9.59 Å². The first-order chi connectivity index (χ1) is 8.65. The Bertz CT molecular complexity index is 276. The highest BCUT2D eigenvalue weighted by atomic mass is 16.2. The van der Waals surface area contributed by atoms with E-state index >= 15 is 0 Å². The molecule has 0 aromatic heterocycles. The number of amides is 1. The number of hydrogen-bond acceptors (Lipinski definition) is 2. The lowest BCUT2D eigenvalue weighted by Crippen LogP contribution is -2.40. The van der Waals surface area contributed by atoms with Crippen molar-refractivity contribution in [1.82, 2.24) is 4.90 Å². The van der Waals surface area contributed by atoms with Crippen molar-refractivity contribution in [2.45, 2.75) is 77.7 Å². The van der Waals surface area contributed by atoms with E-state index in [1.807, 2.05) is 4.90 Å². The van der Waals surface area contributed by atoms with Gasteiger partial charge in [0, 0.05) is 25.4 Å². The molecule has 0 bridgehead atoms. The standard InChI is InChI=1S/C15H27NO2/c1-3-4-6-10-15(18)16-11-8-5-7-9-14(16)12-13(2)17/h14H,3-12H2,1-2H3. The first-order valence-electron chi connectivity index (χ1n) is 7.44. The van der Waals surface area contributed by atoms with Crippen LogP contribution in [0.1, 0.15) is 71.6 Å². The van der Waals surface area contributed by atoms with Gasteiger partial charge < -0.3 is 4.90 Å². The highest BCUT2D eigenvalue weighted by molar-refractivity contribution is 5.79. The summed E-state index contributed by atoms with van der Waals surface area (Å²) in [4.78, 5) is 25.5. The fourth-order valence-corrected chi connectivity index (χ4v) is 2.72. The van der Waals surface area contributed by atoms with Crippen LogP contribution in [0.15, 0.2) is 0 Å². The van der Waals surface area contributed by atoms with Crippen LogP contribution >= 0.6 is 0 Å². The molecular formula is C15H27NO2. The molecule has 0 aromatic carbocycles. The summed E-state index contributed by atoms with van der Waals surface area (Å²) in [5, 5.41) is 0.